The van der Waals surface area contributed by atoms with Crippen LogP contribution < -0.4 is 30.2 Å². The number of carbonyl (C=O) groups is 4. The van der Waals surface area contributed by atoms with Crippen LogP contribution in [0.2, 0.25) is 0 Å². The Hall–Kier alpha value is -5.13. The number of hydrogen-bond acceptors (Lipinski definition) is 7. The van der Waals surface area contributed by atoms with Gasteiger partial charge >= 0.3 is 0 Å². The quantitative estimate of drug-likeness (QED) is 0.394. The van der Waals surface area contributed by atoms with Crippen molar-refractivity contribution in [3.05, 3.63) is 89.2 Å². The van der Waals surface area contributed by atoms with Crippen LogP contribution in [0.15, 0.2) is 66.7 Å². The maximum Gasteiger partial charge on any atom is 0.258 e. The predicted molar refractivity (Wildman–Crippen MR) is 166 cm³/mol. The fourth-order valence-corrected chi connectivity index (χ4v) is 5.37. The molecule has 0 saturated carbocycles. The van der Waals surface area contributed by atoms with Crippen molar-refractivity contribution in [2.75, 3.05) is 33.4 Å². The van der Waals surface area contributed by atoms with Crippen LogP contribution in [0.1, 0.15) is 40.7 Å². The highest BCUT2D eigenvalue weighted by Crippen LogP contribution is 2.29. The van der Waals surface area contributed by atoms with Crippen molar-refractivity contribution in [2.45, 2.75) is 44.4 Å². The van der Waals surface area contributed by atoms with E-state index in [4.69, 9.17) is 14.2 Å². The molecule has 0 spiro atoms. The number of nitrogens with zero attached hydrogens (tertiary/aromatic N) is 1. The van der Waals surface area contributed by atoms with E-state index in [1.165, 1.54) is 31.4 Å². The second-order valence-electron chi connectivity index (χ2n) is 11.2. The summed E-state index contributed by atoms with van der Waals surface area (Å²) in [6, 6.07) is 17.3. The van der Waals surface area contributed by atoms with Crippen molar-refractivity contribution in [3.8, 4) is 17.2 Å². The van der Waals surface area contributed by atoms with Gasteiger partial charge in [0.15, 0.2) is 18.1 Å². The van der Waals surface area contributed by atoms with E-state index >= 15 is 0 Å². The summed E-state index contributed by atoms with van der Waals surface area (Å²) in [5.74, 6) is -0.0800. The number of ether oxygens (including phenoxy) is 3. The maximum absolute atomic E-state index is 13.2. The zero-order valence-corrected chi connectivity index (χ0v) is 25.6. The van der Waals surface area contributed by atoms with Crippen molar-refractivity contribution >= 4 is 23.6 Å². The minimum atomic E-state index is -0.545. The highest BCUT2D eigenvalue weighted by Gasteiger charge is 2.34. The Morgan fingerprint density at radius 3 is 2.52 bits per heavy atom. The van der Waals surface area contributed by atoms with Crippen LogP contribution in [0.5, 0.6) is 17.2 Å². The topological polar surface area (TPSA) is 135 Å². The molecule has 0 radical (unpaired) electrons. The summed E-state index contributed by atoms with van der Waals surface area (Å²) in [7, 11) is 1.51. The third-order valence-electron chi connectivity index (χ3n) is 7.91. The average molecular weight is 633 g/mol. The number of likely N-dealkylation sites (tertiary alicyclic amines) is 1. The van der Waals surface area contributed by atoms with Crippen LogP contribution in [0, 0.1) is 5.82 Å². The van der Waals surface area contributed by atoms with Gasteiger partial charge in [-0.15, -0.1) is 0 Å². The molecule has 5 heterocycles. The molecular formula is C34H37FN4O7. The number of carbonyl (C=O) groups excluding carboxylic acids is 4. The van der Waals surface area contributed by atoms with Gasteiger partial charge in [-0.3, -0.25) is 19.2 Å². The lowest BCUT2D eigenvalue weighted by molar-refractivity contribution is -0.135. The van der Waals surface area contributed by atoms with Gasteiger partial charge in [0.1, 0.15) is 17.7 Å². The molecule has 5 aliphatic rings. The molecule has 1 fully saturated rings. The van der Waals surface area contributed by atoms with Crippen LogP contribution in [0.3, 0.4) is 0 Å². The number of halogens is 1. The molecule has 5 aliphatic heterocycles. The molecule has 0 unspecified atom stereocenters. The Morgan fingerprint density at radius 1 is 1.00 bits per heavy atom. The Balaban J connectivity index is 1.26. The molecule has 0 aliphatic carbocycles. The van der Waals surface area contributed by atoms with Crippen molar-refractivity contribution in [1.82, 2.24) is 20.9 Å². The molecule has 3 aromatic carbocycles. The third-order valence-corrected chi connectivity index (χ3v) is 7.91. The molecule has 0 aromatic heterocycles. The van der Waals surface area contributed by atoms with Gasteiger partial charge in [-0.05, 0) is 66.1 Å². The first-order valence-corrected chi connectivity index (χ1v) is 15.2. The maximum atomic E-state index is 13.2. The number of nitrogens with one attached hydrogen (secondary N) is 3. The molecule has 12 heteroatoms. The summed E-state index contributed by atoms with van der Waals surface area (Å²) in [5.41, 5.74) is 2.10. The number of rotatable bonds is 5. The smallest absolute Gasteiger partial charge is 0.258 e. The summed E-state index contributed by atoms with van der Waals surface area (Å²) in [4.78, 5) is 52.7. The van der Waals surface area contributed by atoms with E-state index in [1.54, 1.807) is 17.0 Å². The second kappa shape index (κ2) is 15.2. The molecule has 11 nitrogen and oxygen atoms in total. The lowest BCUT2D eigenvalue weighted by atomic mass is 10.0. The molecular weight excluding hydrogens is 595 g/mol. The monoisotopic (exact) mass is 632 g/mol. The molecule has 46 heavy (non-hydrogen) atoms. The summed E-state index contributed by atoms with van der Waals surface area (Å²) in [5, 5.41) is 8.61. The minimum absolute atomic E-state index is 0.0516. The molecule has 3 aromatic rings. The van der Waals surface area contributed by atoms with E-state index in [2.05, 4.69) is 16.0 Å². The van der Waals surface area contributed by atoms with E-state index in [1.807, 2.05) is 30.3 Å². The van der Waals surface area contributed by atoms with Gasteiger partial charge < -0.3 is 35.1 Å². The second-order valence-corrected chi connectivity index (χ2v) is 11.2. The standard InChI is InChI=1S/C34H37FN4O7/c1-44-30-18-22-4-12-29(30)45-21-32(41)38-27-20-39(33(42)14-16-36-34(43)24-6-8-25(35)9-7-24)17-15-28(27)46-26-10-2-23(3-11-26)19-37-31(40)13-5-22/h2-4,6-12,18,27-28H,5,13-17,19-21H2,1H3,(H,36,43)(H,37,40)(H,38,41)/t27-,28-/m1/s1. The van der Waals surface area contributed by atoms with Crippen LogP contribution in [0.4, 0.5) is 4.39 Å². The zero-order chi connectivity index (χ0) is 32.5. The highest BCUT2D eigenvalue weighted by atomic mass is 19.1. The van der Waals surface area contributed by atoms with E-state index in [9.17, 15) is 23.6 Å². The van der Waals surface area contributed by atoms with E-state index in [0.717, 1.165) is 11.1 Å². The lowest BCUT2D eigenvalue weighted by Gasteiger charge is -2.39. The predicted octanol–water partition coefficient (Wildman–Crippen LogP) is 2.76. The van der Waals surface area contributed by atoms with E-state index in [-0.39, 0.29) is 37.9 Å². The Kier molecular flexibility index (Phi) is 10.7. The summed E-state index contributed by atoms with van der Waals surface area (Å²) < 4.78 is 30.7. The molecule has 242 valence electrons. The van der Waals surface area contributed by atoms with Crippen molar-refractivity contribution in [3.63, 3.8) is 0 Å². The average Bonchev–Trinajstić information content (AvgIpc) is 3.06. The van der Waals surface area contributed by atoms with Gasteiger partial charge in [0.25, 0.3) is 11.8 Å². The Labute approximate surface area is 266 Å². The molecule has 8 rings (SSSR count). The summed E-state index contributed by atoms with van der Waals surface area (Å²) in [6.07, 6.45) is 0.883. The first-order valence-electron chi connectivity index (χ1n) is 15.2. The van der Waals surface area contributed by atoms with Crippen LogP contribution in [-0.2, 0) is 27.3 Å². The van der Waals surface area contributed by atoms with Gasteiger partial charge in [-0.1, -0.05) is 18.2 Å². The first-order chi connectivity index (χ1) is 22.3. The third kappa shape index (κ3) is 8.74. The minimum Gasteiger partial charge on any atom is -0.493 e. The molecule has 1 saturated heterocycles. The number of piperidine rings is 1. The lowest BCUT2D eigenvalue weighted by Crippen LogP contribution is -2.58. The fraction of sp³-hybridized carbons (Fsp3) is 0.353. The van der Waals surface area contributed by atoms with Crippen molar-refractivity contribution in [2.24, 2.45) is 0 Å². The van der Waals surface area contributed by atoms with Crippen LogP contribution in [-0.4, -0.2) is 74.0 Å². The number of methoxy groups -OCH3 is 1. The number of benzene rings is 3. The Morgan fingerprint density at radius 2 is 1.76 bits per heavy atom. The highest BCUT2D eigenvalue weighted by molar-refractivity contribution is 5.94. The van der Waals surface area contributed by atoms with Gasteiger partial charge in [-0.25, -0.2) is 4.39 Å². The van der Waals surface area contributed by atoms with Crippen molar-refractivity contribution < 1.29 is 37.8 Å². The van der Waals surface area contributed by atoms with E-state index < -0.39 is 29.8 Å². The first kappa shape index (κ1) is 32.3. The normalized spacial score (nSPS) is 18.7. The number of aryl methyl sites for hydroxylation is 1. The summed E-state index contributed by atoms with van der Waals surface area (Å²) in [6.45, 7) is 0.775. The number of amides is 4. The molecule has 2 atom stereocenters. The molecule has 4 amide bonds. The van der Waals surface area contributed by atoms with Crippen LogP contribution >= 0.6 is 0 Å². The van der Waals surface area contributed by atoms with Gasteiger partial charge in [-0.2, -0.15) is 0 Å². The SMILES string of the molecule is COc1cc2ccc1OCC(=O)N[C@@H]1CN(C(=O)CCNC(=O)c3ccc(F)cc3)CC[C@H]1Oc1ccc(cc1)CNC(=O)CC2. The fourth-order valence-electron chi connectivity index (χ4n) is 5.37. The van der Waals surface area contributed by atoms with Crippen LogP contribution in [0.25, 0.3) is 0 Å². The molecule has 4 bridgehead atoms. The summed E-state index contributed by atoms with van der Waals surface area (Å²) >= 11 is 0. The Bertz CT molecular complexity index is 1550. The number of hydrogen-bond donors (Lipinski definition) is 3. The van der Waals surface area contributed by atoms with Gasteiger partial charge in [0.05, 0.1) is 13.2 Å². The molecule has 3 N–H and O–H groups in total. The largest absolute Gasteiger partial charge is 0.493 e. The van der Waals surface area contributed by atoms with Crippen molar-refractivity contribution in [1.29, 1.82) is 0 Å². The zero-order valence-electron chi connectivity index (χ0n) is 25.6. The van der Waals surface area contributed by atoms with Gasteiger partial charge in [0.2, 0.25) is 11.8 Å². The van der Waals surface area contributed by atoms with E-state index in [0.29, 0.717) is 55.2 Å². The van der Waals surface area contributed by atoms with Gasteiger partial charge in [0, 0.05) is 51.0 Å².